The van der Waals surface area contributed by atoms with Crippen LogP contribution in [0.1, 0.15) is 6.92 Å². The summed E-state index contributed by atoms with van der Waals surface area (Å²) in [5.74, 6) is 0. The van der Waals surface area contributed by atoms with E-state index in [1.807, 2.05) is 25.1 Å². The van der Waals surface area contributed by atoms with Gasteiger partial charge in [-0.05, 0) is 13.0 Å². The summed E-state index contributed by atoms with van der Waals surface area (Å²) in [4.78, 5) is 1.71. The number of para-hydroxylation sites is 1. The lowest BCUT2D eigenvalue weighted by molar-refractivity contribution is 0.773. The molecular formula is C9H12N4. The molecule has 1 aromatic carbocycles. The van der Waals surface area contributed by atoms with Crippen molar-refractivity contribution in [2.45, 2.75) is 6.92 Å². The van der Waals surface area contributed by atoms with E-state index >= 15 is 0 Å². The first-order valence-corrected chi connectivity index (χ1v) is 4.29. The molecule has 2 aromatic rings. The molecule has 0 spiro atoms. The first-order chi connectivity index (χ1) is 6.33. The molecule has 0 aliphatic heterocycles. The van der Waals surface area contributed by atoms with E-state index in [1.54, 1.807) is 11.0 Å². The fourth-order valence-electron chi connectivity index (χ4n) is 1.38. The SMILES string of the molecule is CCNn1ncc2cccc(N)c21. The molecule has 68 valence electrons. The molecule has 3 N–H and O–H groups in total. The van der Waals surface area contributed by atoms with Crippen LogP contribution in [0.4, 0.5) is 5.69 Å². The standard InChI is InChI=1S/C9H12N4/c1-2-11-13-9-7(6-12-13)4-3-5-8(9)10/h3-6,11H,2,10H2,1H3. The lowest BCUT2D eigenvalue weighted by atomic mass is 10.2. The maximum absolute atomic E-state index is 5.83. The van der Waals surface area contributed by atoms with Gasteiger partial charge in [0, 0.05) is 11.9 Å². The van der Waals surface area contributed by atoms with Crippen molar-refractivity contribution in [1.82, 2.24) is 9.89 Å². The monoisotopic (exact) mass is 176 g/mol. The average Bonchev–Trinajstić information content (AvgIpc) is 2.51. The number of nitrogens with two attached hydrogens (primary N) is 1. The van der Waals surface area contributed by atoms with Crippen LogP contribution in [0.2, 0.25) is 0 Å². The third-order valence-electron chi connectivity index (χ3n) is 1.93. The highest BCUT2D eigenvalue weighted by atomic mass is 15.6. The molecule has 0 amide bonds. The van der Waals surface area contributed by atoms with Gasteiger partial charge in [-0.25, -0.2) is 0 Å². The number of aromatic nitrogens is 2. The third kappa shape index (κ3) is 1.20. The summed E-state index contributed by atoms with van der Waals surface area (Å²) in [6.07, 6.45) is 1.80. The van der Waals surface area contributed by atoms with E-state index in [2.05, 4.69) is 10.5 Å². The Morgan fingerprint density at radius 2 is 2.38 bits per heavy atom. The van der Waals surface area contributed by atoms with Crippen LogP contribution in [-0.4, -0.2) is 16.4 Å². The second-order valence-electron chi connectivity index (χ2n) is 2.85. The fourth-order valence-corrected chi connectivity index (χ4v) is 1.38. The Hall–Kier alpha value is -1.71. The number of nitrogen functional groups attached to an aromatic ring is 1. The predicted molar refractivity (Wildman–Crippen MR) is 54.0 cm³/mol. The van der Waals surface area contributed by atoms with E-state index in [4.69, 9.17) is 5.73 Å². The van der Waals surface area contributed by atoms with Crippen molar-refractivity contribution in [3.05, 3.63) is 24.4 Å². The lowest BCUT2D eigenvalue weighted by Crippen LogP contribution is -2.15. The molecule has 1 heterocycles. The van der Waals surface area contributed by atoms with Gasteiger partial charge in [0.15, 0.2) is 0 Å². The summed E-state index contributed by atoms with van der Waals surface area (Å²) >= 11 is 0. The molecule has 4 heteroatoms. The summed E-state index contributed by atoms with van der Waals surface area (Å²) in [5.41, 5.74) is 10.6. The zero-order chi connectivity index (χ0) is 9.26. The van der Waals surface area contributed by atoms with Gasteiger partial charge in [-0.15, -0.1) is 0 Å². The van der Waals surface area contributed by atoms with Crippen LogP contribution >= 0.6 is 0 Å². The molecule has 0 unspecified atom stereocenters. The van der Waals surface area contributed by atoms with Crippen molar-refractivity contribution < 1.29 is 0 Å². The van der Waals surface area contributed by atoms with Gasteiger partial charge in [0.25, 0.3) is 0 Å². The van der Waals surface area contributed by atoms with Crippen LogP contribution in [0.5, 0.6) is 0 Å². The highest BCUT2D eigenvalue weighted by Gasteiger charge is 2.03. The van der Waals surface area contributed by atoms with E-state index < -0.39 is 0 Å². The first kappa shape index (κ1) is 7.91. The zero-order valence-electron chi connectivity index (χ0n) is 7.49. The highest BCUT2D eigenvalue weighted by molar-refractivity contribution is 5.89. The quantitative estimate of drug-likeness (QED) is 0.675. The number of anilines is 1. The van der Waals surface area contributed by atoms with Crippen LogP contribution < -0.4 is 11.2 Å². The van der Waals surface area contributed by atoms with Crippen LogP contribution in [0.15, 0.2) is 24.4 Å². The molecule has 0 fully saturated rings. The summed E-state index contributed by atoms with van der Waals surface area (Å²) in [6, 6.07) is 5.79. The van der Waals surface area contributed by atoms with Crippen LogP contribution in [-0.2, 0) is 0 Å². The van der Waals surface area contributed by atoms with Crippen molar-refractivity contribution in [3.63, 3.8) is 0 Å². The topological polar surface area (TPSA) is 55.9 Å². The Bertz CT molecular complexity index is 418. The minimum Gasteiger partial charge on any atom is -0.397 e. The van der Waals surface area contributed by atoms with Gasteiger partial charge < -0.3 is 11.2 Å². The van der Waals surface area contributed by atoms with E-state index in [0.717, 1.165) is 23.1 Å². The van der Waals surface area contributed by atoms with Gasteiger partial charge in [0.05, 0.1) is 11.9 Å². The molecule has 0 aliphatic carbocycles. The number of nitrogens with one attached hydrogen (secondary N) is 1. The van der Waals surface area contributed by atoms with Gasteiger partial charge >= 0.3 is 0 Å². The normalized spacial score (nSPS) is 10.5. The summed E-state index contributed by atoms with van der Waals surface area (Å²) in [6.45, 7) is 2.84. The molecule has 2 rings (SSSR count). The maximum Gasteiger partial charge on any atom is 0.115 e. The van der Waals surface area contributed by atoms with Crippen molar-refractivity contribution in [3.8, 4) is 0 Å². The van der Waals surface area contributed by atoms with E-state index in [1.165, 1.54) is 0 Å². The van der Waals surface area contributed by atoms with E-state index in [9.17, 15) is 0 Å². The lowest BCUT2D eigenvalue weighted by Gasteiger charge is -2.05. The number of hydrogen-bond acceptors (Lipinski definition) is 3. The largest absolute Gasteiger partial charge is 0.397 e. The molecule has 4 nitrogen and oxygen atoms in total. The highest BCUT2D eigenvalue weighted by Crippen LogP contribution is 2.18. The van der Waals surface area contributed by atoms with Crippen molar-refractivity contribution >= 4 is 16.6 Å². The number of benzene rings is 1. The van der Waals surface area contributed by atoms with Gasteiger partial charge in [-0.1, -0.05) is 12.1 Å². The minimum absolute atomic E-state index is 0.746. The second kappa shape index (κ2) is 2.97. The molecule has 0 saturated heterocycles. The van der Waals surface area contributed by atoms with Crippen molar-refractivity contribution in [2.24, 2.45) is 0 Å². The summed E-state index contributed by atoms with van der Waals surface area (Å²) in [7, 11) is 0. The molecule has 0 aliphatic rings. The fraction of sp³-hybridized carbons (Fsp3) is 0.222. The molecule has 13 heavy (non-hydrogen) atoms. The zero-order valence-corrected chi connectivity index (χ0v) is 7.49. The Morgan fingerprint density at radius 3 is 3.15 bits per heavy atom. The Balaban J connectivity index is 2.64. The van der Waals surface area contributed by atoms with E-state index in [-0.39, 0.29) is 0 Å². The number of fused-ring (bicyclic) bond motifs is 1. The third-order valence-corrected chi connectivity index (χ3v) is 1.93. The molecule has 0 radical (unpaired) electrons. The van der Waals surface area contributed by atoms with Crippen molar-refractivity contribution in [1.29, 1.82) is 0 Å². The average molecular weight is 176 g/mol. The smallest absolute Gasteiger partial charge is 0.115 e. The first-order valence-electron chi connectivity index (χ1n) is 4.29. The number of hydrogen-bond donors (Lipinski definition) is 2. The Labute approximate surface area is 76.3 Å². The molecular weight excluding hydrogens is 164 g/mol. The summed E-state index contributed by atoms with van der Waals surface area (Å²) in [5, 5.41) is 5.23. The van der Waals surface area contributed by atoms with Gasteiger partial charge in [-0.3, -0.25) is 0 Å². The van der Waals surface area contributed by atoms with Crippen LogP contribution in [0.3, 0.4) is 0 Å². The minimum atomic E-state index is 0.746. The maximum atomic E-state index is 5.83. The van der Waals surface area contributed by atoms with Gasteiger partial charge in [-0.2, -0.15) is 9.89 Å². The molecule has 0 bridgehead atoms. The predicted octanol–water partition coefficient (Wildman–Crippen LogP) is 1.18. The van der Waals surface area contributed by atoms with Crippen LogP contribution in [0, 0.1) is 0 Å². The molecule has 0 saturated carbocycles. The Kier molecular flexibility index (Phi) is 1.81. The summed E-state index contributed by atoms with van der Waals surface area (Å²) < 4.78 is 0. The number of nitrogens with zero attached hydrogens (tertiary/aromatic N) is 2. The van der Waals surface area contributed by atoms with E-state index in [0.29, 0.717) is 0 Å². The Morgan fingerprint density at radius 1 is 1.54 bits per heavy atom. The molecule has 0 atom stereocenters. The van der Waals surface area contributed by atoms with Crippen LogP contribution in [0.25, 0.3) is 10.9 Å². The number of rotatable bonds is 2. The second-order valence-corrected chi connectivity index (χ2v) is 2.85. The van der Waals surface area contributed by atoms with Gasteiger partial charge in [0.2, 0.25) is 0 Å². The van der Waals surface area contributed by atoms with Gasteiger partial charge in [0.1, 0.15) is 5.52 Å². The van der Waals surface area contributed by atoms with Crippen molar-refractivity contribution in [2.75, 3.05) is 17.7 Å². The molecule has 1 aromatic heterocycles.